The first-order valence-corrected chi connectivity index (χ1v) is 5.04. The van der Waals surface area contributed by atoms with Crippen molar-refractivity contribution in [1.82, 2.24) is 10.1 Å². The van der Waals surface area contributed by atoms with Gasteiger partial charge in [0.05, 0.1) is 6.10 Å². The van der Waals surface area contributed by atoms with Gasteiger partial charge >= 0.3 is 6.01 Å². The Hall–Kier alpha value is -1.10. The average Bonchev–Trinajstić information content (AvgIpc) is 2.49. The van der Waals surface area contributed by atoms with Gasteiger partial charge in [-0.1, -0.05) is 5.16 Å². The molecule has 0 aliphatic heterocycles. The molecular formula is C10H19N3O2. The second-order valence-electron chi connectivity index (χ2n) is 4.64. The molecule has 0 bridgehead atoms. The summed E-state index contributed by atoms with van der Waals surface area (Å²) in [5, 5.41) is 6.97. The molecule has 1 unspecified atom stereocenters. The first kappa shape index (κ1) is 12.0. The van der Waals surface area contributed by atoms with E-state index in [0.717, 1.165) is 0 Å². The minimum atomic E-state index is -0.0727. The fourth-order valence-corrected chi connectivity index (χ4v) is 1.05. The number of aromatic nitrogens is 2. The summed E-state index contributed by atoms with van der Waals surface area (Å²) < 4.78 is 10.2. The zero-order valence-electron chi connectivity index (χ0n) is 10.00. The Morgan fingerprint density at radius 1 is 1.47 bits per heavy atom. The van der Waals surface area contributed by atoms with Crippen LogP contribution in [0.3, 0.4) is 0 Å². The number of hydrogen-bond acceptors (Lipinski definition) is 5. The molecule has 1 heterocycles. The van der Waals surface area contributed by atoms with Crippen molar-refractivity contribution >= 4 is 6.01 Å². The van der Waals surface area contributed by atoms with Crippen LogP contribution < -0.4 is 5.32 Å². The Labute approximate surface area is 90.2 Å². The first-order valence-electron chi connectivity index (χ1n) is 5.04. The number of anilines is 1. The molecule has 1 aromatic heterocycles. The molecule has 0 saturated heterocycles. The number of hydrogen-bond donors (Lipinski definition) is 1. The third-order valence-electron chi connectivity index (χ3n) is 1.82. The molecule has 1 atom stereocenters. The maximum atomic E-state index is 5.12. The molecule has 86 valence electrons. The lowest BCUT2D eigenvalue weighted by molar-refractivity contribution is 0.116. The van der Waals surface area contributed by atoms with E-state index in [9.17, 15) is 0 Å². The largest absolute Gasteiger partial charge is 0.381 e. The molecule has 0 aliphatic rings. The third kappa shape index (κ3) is 4.29. The predicted molar refractivity (Wildman–Crippen MR) is 57.8 cm³/mol. The Morgan fingerprint density at radius 3 is 2.67 bits per heavy atom. The Balaban J connectivity index is 2.56. The van der Waals surface area contributed by atoms with Crippen LogP contribution in [0.5, 0.6) is 0 Å². The fraction of sp³-hybridized carbons (Fsp3) is 0.800. The van der Waals surface area contributed by atoms with E-state index in [1.165, 1.54) is 0 Å². The number of nitrogens with one attached hydrogen (secondary N) is 1. The lowest BCUT2D eigenvalue weighted by Gasteiger charge is -2.17. The van der Waals surface area contributed by atoms with Crippen LogP contribution in [0, 0.1) is 0 Å². The second kappa shape index (κ2) is 4.61. The highest BCUT2D eigenvalue weighted by molar-refractivity contribution is 5.22. The van der Waals surface area contributed by atoms with E-state index in [0.29, 0.717) is 18.3 Å². The quantitative estimate of drug-likeness (QED) is 0.827. The number of rotatable bonds is 4. The van der Waals surface area contributed by atoms with Gasteiger partial charge in [0.15, 0.2) is 5.82 Å². The van der Waals surface area contributed by atoms with Gasteiger partial charge in [0.1, 0.15) is 0 Å². The zero-order valence-corrected chi connectivity index (χ0v) is 10.00. The van der Waals surface area contributed by atoms with Crippen LogP contribution in [-0.2, 0) is 11.2 Å². The van der Waals surface area contributed by atoms with Crippen LogP contribution in [0.1, 0.15) is 33.5 Å². The summed E-state index contributed by atoms with van der Waals surface area (Å²) in [6.45, 7) is 8.07. The Bertz CT molecular complexity index is 304. The van der Waals surface area contributed by atoms with Crippen molar-refractivity contribution in [2.24, 2.45) is 0 Å². The predicted octanol–water partition coefficient (Wildman–Crippen LogP) is 1.86. The smallest absolute Gasteiger partial charge is 0.321 e. The van der Waals surface area contributed by atoms with Crippen LogP contribution in [0.15, 0.2) is 4.52 Å². The van der Waals surface area contributed by atoms with Crippen molar-refractivity contribution < 1.29 is 9.26 Å². The van der Waals surface area contributed by atoms with Crippen LogP contribution in [-0.4, -0.2) is 28.9 Å². The maximum Gasteiger partial charge on any atom is 0.321 e. The highest BCUT2D eigenvalue weighted by Crippen LogP contribution is 2.12. The number of methoxy groups -OCH3 is 1. The maximum absolute atomic E-state index is 5.12. The SMILES string of the molecule is COC(C)Cc1noc(NC(C)(C)C)n1. The summed E-state index contributed by atoms with van der Waals surface area (Å²) in [7, 11) is 1.67. The van der Waals surface area contributed by atoms with Gasteiger partial charge < -0.3 is 14.6 Å². The minimum absolute atomic E-state index is 0.0727. The second-order valence-corrected chi connectivity index (χ2v) is 4.64. The summed E-state index contributed by atoms with van der Waals surface area (Å²) in [5.74, 6) is 0.663. The van der Waals surface area contributed by atoms with E-state index in [2.05, 4.69) is 15.5 Å². The van der Waals surface area contributed by atoms with Crippen LogP contribution in [0.2, 0.25) is 0 Å². The molecule has 0 radical (unpaired) electrons. The van der Waals surface area contributed by atoms with Gasteiger partial charge in [-0.05, 0) is 27.7 Å². The summed E-state index contributed by atoms with van der Waals surface area (Å²) in [5.41, 5.74) is -0.0727. The molecule has 15 heavy (non-hydrogen) atoms. The molecule has 1 rings (SSSR count). The molecule has 0 fully saturated rings. The van der Waals surface area contributed by atoms with Gasteiger partial charge in [-0.15, -0.1) is 0 Å². The molecular weight excluding hydrogens is 194 g/mol. The molecule has 0 amide bonds. The highest BCUT2D eigenvalue weighted by Gasteiger charge is 2.15. The molecule has 1 N–H and O–H groups in total. The van der Waals surface area contributed by atoms with Crippen LogP contribution >= 0.6 is 0 Å². The van der Waals surface area contributed by atoms with Gasteiger partial charge in [-0.3, -0.25) is 0 Å². The van der Waals surface area contributed by atoms with Crippen LogP contribution in [0.4, 0.5) is 6.01 Å². The van der Waals surface area contributed by atoms with Crippen LogP contribution in [0.25, 0.3) is 0 Å². The topological polar surface area (TPSA) is 60.2 Å². The molecule has 5 heteroatoms. The minimum Gasteiger partial charge on any atom is -0.381 e. The molecule has 5 nitrogen and oxygen atoms in total. The van der Waals surface area contributed by atoms with E-state index in [1.54, 1.807) is 7.11 Å². The first-order chi connectivity index (χ1) is 6.90. The van der Waals surface area contributed by atoms with Crippen molar-refractivity contribution in [3.05, 3.63) is 5.82 Å². The van der Waals surface area contributed by atoms with Gasteiger partial charge in [0, 0.05) is 19.1 Å². The Kier molecular flexibility index (Phi) is 3.68. The van der Waals surface area contributed by atoms with Crippen molar-refractivity contribution in [3.8, 4) is 0 Å². The molecule has 0 aromatic carbocycles. The molecule has 0 spiro atoms. The summed E-state index contributed by atoms with van der Waals surface area (Å²) in [4.78, 5) is 4.21. The molecule has 0 aliphatic carbocycles. The van der Waals surface area contributed by atoms with Gasteiger partial charge in [-0.25, -0.2) is 0 Å². The van der Waals surface area contributed by atoms with E-state index < -0.39 is 0 Å². The summed E-state index contributed by atoms with van der Waals surface area (Å²) >= 11 is 0. The highest BCUT2D eigenvalue weighted by atomic mass is 16.5. The van der Waals surface area contributed by atoms with Crippen molar-refractivity contribution in [2.75, 3.05) is 12.4 Å². The number of ether oxygens (including phenoxy) is 1. The van der Waals surface area contributed by atoms with E-state index in [1.807, 2.05) is 27.7 Å². The number of nitrogens with zero attached hydrogens (tertiary/aromatic N) is 2. The van der Waals surface area contributed by atoms with Gasteiger partial charge in [-0.2, -0.15) is 4.98 Å². The monoisotopic (exact) mass is 213 g/mol. The normalized spacial score (nSPS) is 13.9. The van der Waals surface area contributed by atoms with E-state index >= 15 is 0 Å². The van der Waals surface area contributed by atoms with Crippen molar-refractivity contribution in [3.63, 3.8) is 0 Å². The lowest BCUT2D eigenvalue weighted by atomic mass is 10.1. The van der Waals surface area contributed by atoms with E-state index in [4.69, 9.17) is 9.26 Å². The van der Waals surface area contributed by atoms with Gasteiger partial charge in [0.25, 0.3) is 0 Å². The zero-order chi connectivity index (χ0) is 11.5. The Morgan fingerprint density at radius 2 is 2.13 bits per heavy atom. The summed E-state index contributed by atoms with van der Waals surface area (Å²) in [6, 6.07) is 0.459. The fourth-order valence-electron chi connectivity index (χ4n) is 1.05. The van der Waals surface area contributed by atoms with Crippen molar-refractivity contribution in [2.45, 2.75) is 45.8 Å². The standard InChI is InChI=1S/C10H19N3O2/c1-7(14-5)6-8-11-9(15-13-8)12-10(2,3)4/h7H,6H2,1-5H3,(H,11,12,13). The average molecular weight is 213 g/mol. The van der Waals surface area contributed by atoms with Gasteiger partial charge in [0.2, 0.25) is 0 Å². The third-order valence-corrected chi connectivity index (χ3v) is 1.82. The lowest BCUT2D eigenvalue weighted by Crippen LogP contribution is -2.26. The van der Waals surface area contributed by atoms with E-state index in [-0.39, 0.29) is 11.6 Å². The molecule has 1 aromatic rings. The van der Waals surface area contributed by atoms with Crippen molar-refractivity contribution in [1.29, 1.82) is 0 Å². The molecule has 0 saturated carbocycles. The summed E-state index contributed by atoms with van der Waals surface area (Å²) in [6.07, 6.45) is 0.760.